The summed E-state index contributed by atoms with van der Waals surface area (Å²) < 4.78 is 0. The molecule has 0 spiro atoms. The molecule has 3 heteroatoms. The maximum Gasteiger partial charge on any atom is 0.0221 e. The molecule has 17 heavy (non-hydrogen) atoms. The van der Waals surface area contributed by atoms with E-state index in [2.05, 4.69) is 42.9 Å². The van der Waals surface area contributed by atoms with Gasteiger partial charge in [0.1, 0.15) is 0 Å². The highest BCUT2D eigenvalue weighted by Crippen LogP contribution is 2.11. The molecular formula is C14H31N3. The molecule has 1 aliphatic heterocycles. The van der Waals surface area contributed by atoms with E-state index in [9.17, 15) is 0 Å². The Kier molecular flexibility index (Phi) is 7.09. The molecule has 0 radical (unpaired) electrons. The summed E-state index contributed by atoms with van der Waals surface area (Å²) in [6.07, 6.45) is 3.77. The molecule has 1 fully saturated rings. The van der Waals surface area contributed by atoms with Gasteiger partial charge in [-0.25, -0.2) is 0 Å². The first-order valence-corrected chi connectivity index (χ1v) is 7.35. The van der Waals surface area contributed by atoms with Crippen molar-refractivity contribution in [3.63, 3.8) is 0 Å². The maximum absolute atomic E-state index is 3.69. The molecule has 0 amide bonds. The van der Waals surface area contributed by atoms with E-state index in [0.717, 1.165) is 6.54 Å². The third-order valence-corrected chi connectivity index (χ3v) is 4.01. The summed E-state index contributed by atoms with van der Waals surface area (Å²) in [5, 5.41) is 3.69. The minimum absolute atomic E-state index is 0.651. The second kappa shape index (κ2) is 8.06. The molecule has 3 nitrogen and oxygen atoms in total. The van der Waals surface area contributed by atoms with Gasteiger partial charge in [-0.3, -0.25) is 4.90 Å². The van der Waals surface area contributed by atoms with Crippen molar-refractivity contribution >= 4 is 0 Å². The lowest BCUT2D eigenvalue weighted by molar-refractivity contribution is 0.171. The molecule has 102 valence electrons. The quantitative estimate of drug-likeness (QED) is 0.765. The monoisotopic (exact) mass is 241 g/mol. The van der Waals surface area contributed by atoms with E-state index in [1.807, 2.05) is 0 Å². The molecular weight excluding hydrogens is 210 g/mol. The Labute approximate surface area is 108 Å². The Hall–Kier alpha value is -0.120. The number of rotatable bonds is 6. The van der Waals surface area contributed by atoms with Crippen molar-refractivity contribution in [2.75, 3.05) is 39.8 Å². The zero-order chi connectivity index (χ0) is 12.7. The second-order valence-corrected chi connectivity index (χ2v) is 5.40. The predicted molar refractivity (Wildman–Crippen MR) is 75.5 cm³/mol. The second-order valence-electron chi connectivity index (χ2n) is 5.40. The Bertz CT molecular complexity index is 196. The van der Waals surface area contributed by atoms with E-state index in [0.29, 0.717) is 12.1 Å². The van der Waals surface area contributed by atoms with Crippen molar-refractivity contribution in [1.29, 1.82) is 0 Å². The number of hydrogen-bond acceptors (Lipinski definition) is 3. The van der Waals surface area contributed by atoms with E-state index < -0.39 is 0 Å². The molecule has 2 unspecified atom stereocenters. The van der Waals surface area contributed by atoms with E-state index in [1.54, 1.807) is 0 Å². The molecule has 0 aromatic heterocycles. The minimum Gasteiger partial charge on any atom is -0.312 e. The Morgan fingerprint density at radius 1 is 1.12 bits per heavy atom. The predicted octanol–water partition coefficient (Wildman–Crippen LogP) is 1.79. The van der Waals surface area contributed by atoms with Crippen molar-refractivity contribution in [3.8, 4) is 0 Å². The molecule has 0 aromatic carbocycles. The van der Waals surface area contributed by atoms with Crippen molar-refractivity contribution in [2.24, 2.45) is 0 Å². The molecule has 1 rings (SSSR count). The number of nitrogens with one attached hydrogen (secondary N) is 1. The Morgan fingerprint density at radius 3 is 2.53 bits per heavy atom. The zero-order valence-corrected chi connectivity index (χ0v) is 12.2. The smallest absolute Gasteiger partial charge is 0.0221 e. The molecule has 1 aliphatic rings. The summed E-state index contributed by atoms with van der Waals surface area (Å²) in [7, 11) is 2.24. The first-order valence-electron chi connectivity index (χ1n) is 7.35. The fourth-order valence-electron chi connectivity index (χ4n) is 2.71. The first-order chi connectivity index (χ1) is 8.19. The van der Waals surface area contributed by atoms with E-state index in [4.69, 9.17) is 0 Å². The number of nitrogens with zero attached hydrogens (tertiary/aromatic N) is 2. The lowest BCUT2D eigenvalue weighted by atomic mass is 10.1. The minimum atomic E-state index is 0.651. The highest BCUT2D eigenvalue weighted by atomic mass is 15.2. The van der Waals surface area contributed by atoms with Gasteiger partial charge in [0.05, 0.1) is 0 Å². The van der Waals surface area contributed by atoms with Crippen LogP contribution in [0.4, 0.5) is 0 Å². The highest BCUT2D eigenvalue weighted by Gasteiger charge is 2.23. The summed E-state index contributed by atoms with van der Waals surface area (Å²) >= 11 is 0. The maximum atomic E-state index is 3.69. The normalized spacial score (nSPS) is 23.3. The number of hydrogen-bond donors (Lipinski definition) is 1. The van der Waals surface area contributed by atoms with E-state index in [1.165, 1.54) is 45.4 Å². The fraction of sp³-hybridized carbons (Fsp3) is 1.00. The van der Waals surface area contributed by atoms with Crippen LogP contribution in [0.5, 0.6) is 0 Å². The average molecular weight is 241 g/mol. The van der Waals surface area contributed by atoms with Crippen LogP contribution < -0.4 is 5.32 Å². The molecule has 0 saturated carbocycles. The van der Waals surface area contributed by atoms with Gasteiger partial charge in [-0.15, -0.1) is 0 Å². The van der Waals surface area contributed by atoms with Gasteiger partial charge >= 0.3 is 0 Å². The van der Waals surface area contributed by atoms with Gasteiger partial charge in [-0.05, 0) is 52.9 Å². The highest BCUT2D eigenvalue weighted by molar-refractivity contribution is 4.82. The van der Waals surface area contributed by atoms with Crippen molar-refractivity contribution in [3.05, 3.63) is 0 Å². The molecule has 1 saturated heterocycles. The number of likely N-dealkylation sites (N-methyl/N-ethyl adjacent to an activating group) is 1. The summed E-state index contributed by atoms with van der Waals surface area (Å²) in [5.74, 6) is 0. The topological polar surface area (TPSA) is 18.5 Å². The largest absolute Gasteiger partial charge is 0.312 e. The van der Waals surface area contributed by atoms with Crippen LogP contribution >= 0.6 is 0 Å². The SMILES string of the molecule is CCCNC(CC)C(C)N1CCCN(C)CC1. The molecule has 0 aromatic rings. The van der Waals surface area contributed by atoms with Gasteiger partial charge in [-0.1, -0.05) is 13.8 Å². The third-order valence-electron chi connectivity index (χ3n) is 4.01. The van der Waals surface area contributed by atoms with Crippen LogP contribution in [0.2, 0.25) is 0 Å². The standard InChI is InChI=1S/C14H31N3/c1-5-8-15-14(6-2)13(3)17-10-7-9-16(4)11-12-17/h13-15H,5-12H2,1-4H3. The van der Waals surface area contributed by atoms with E-state index >= 15 is 0 Å². The third kappa shape index (κ3) is 4.94. The van der Waals surface area contributed by atoms with Crippen LogP contribution in [-0.2, 0) is 0 Å². The lowest BCUT2D eigenvalue weighted by Gasteiger charge is -2.34. The van der Waals surface area contributed by atoms with Crippen LogP contribution in [-0.4, -0.2) is 61.7 Å². The van der Waals surface area contributed by atoms with Gasteiger partial charge < -0.3 is 10.2 Å². The van der Waals surface area contributed by atoms with Crippen LogP contribution in [0, 0.1) is 0 Å². The van der Waals surface area contributed by atoms with Gasteiger partial charge in [0.15, 0.2) is 0 Å². The van der Waals surface area contributed by atoms with Crippen molar-refractivity contribution < 1.29 is 0 Å². The van der Waals surface area contributed by atoms with Crippen molar-refractivity contribution in [2.45, 2.75) is 52.1 Å². The summed E-state index contributed by atoms with van der Waals surface area (Å²) in [5.41, 5.74) is 0. The summed E-state index contributed by atoms with van der Waals surface area (Å²) in [4.78, 5) is 5.12. The summed E-state index contributed by atoms with van der Waals surface area (Å²) in [6.45, 7) is 13.0. The lowest BCUT2D eigenvalue weighted by Crippen LogP contribution is -2.49. The zero-order valence-electron chi connectivity index (χ0n) is 12.2. The van der Waals surface area contributed by atoms with E-state index in [-0.39, 0.29) is 0 Å². The molecule has 1 heterocycles. The van der Waals surface area contributed by atoms with Gasteiger partial charge in [0, 0.05) is 25.2 Å². The molecule has 1 N–H and O–H groups in total. The molecule has 0 bridgehead atoms. The Morgan fingerprint density at radius 2 is 1.88 bits per heavy atom. The molecule has 2 atom stereocenters. The molecule has 0 aliphatic carbocycles. The average Bonchev–Trinajstić information content (AvgIpc) is 2.55. The van der Waals surface area contributed by atoms with Crippen LogP contribution in [0.1, 0.15) is 40.0 Å². The van der Waals surface area contributed by atoms with Crippen LogP contribution in [0.15, 0.2) is 0 Å². The van der Waals surface area contributed by atoms with Gasteiger partial charge in [0.25, 0.3) is 0 Å². The first kappa shape index (κ1) is 14.9. The van der Waals surface area contributed by atoms with Crippen LogP contribution in [0.3, 0.4) is 0 Å². The van der Waals surface area contributed by atoms with Gasteiger partial charge in [-0.2, -0.15) is 0 Å². The fourth-order valence-corrected chi connectivity index (χ4v) is 2.71. The van der Waals surface area contributed by atoms with Gasteiger partial charge in [0.2, 0.25) is 0 Å². The summed E-state index contributed by atoms with van der Waals surface area (Å²) in [6, 6.07) is 1.32. The van der Waals surface area contributed by atoms with Crippen molar-refractivity contribution in [1.82, 2.24) is 15.1 Å². The Balaban J connectivity index is 2.44. The van der Waals surface area contributed by atoms with Crippen LogP contribution in [0.25, 0.3) is 0 Å².